The minimum Gasteiger partial charge on any atom is -0.481 e. The molecule has 1 aromatic rings. The van der Waals surface area contributed by atoms with Gasteiger partial charge in [0, 0.05) is 0 Å². The molecule has 114 valence electrons. The normalized spacial score (nSPS) is 26.3. The van der Waals surface area contributed by atoms with Gasteiger partial charge >= 0.3 is 5.97 Å². The molecule has 4 atom stereocenters. The molecule has 1 aromatic carbocycles. The molecular weight excluding hydrogens is 273 g/mol. The van der Waals surface area contributed by atoms with Crippen molar-refractivity contribution in [1.29, 1.82) is 0 Å². The van der Waals surface area contributed by atoms with Gasteiger partial charge in [-0.25, -0.2) is 4.39 Å². The quantitative estimate of drug-likeness (QED) is 0.897. The molecule has 0 spiro atoms. The SMILES string of the molecule is CC1C[C@H](C(=O)N[C@@H](C)c2cccc(F)c2)[C@H](C(=O)O)C1. The van der Waals surface area contributed by atoms with Crippen LogP contribution < -0.4 is 5.32 Å². The standard InChI is InChI=1S/C16H20FNO3/c1-9-6-13(14(7-9)16(20)21)15(19)18-10(2)11-4-3-5-12(17)8-11/h3-5,8-10,13-14H,6-7H2,1-2H3,(H,18,19)(H,20,21)/t9?,10-,13-,14+/m0/s1. The highest BCUT2D eigenvalue weighted by atomic mass is 19.1. The molecule has 1 amide bonds. The number of halogens is 1. The molecule has 2 rings (SSSR count). The van der Waals surface area contributed by atoms with Crippen LogP contribution in [0.1, 0.15) is 38.3 Å². The summed E-state index contributed by atoms with van der Waals surface area (Å²) >= 11 is 0. The minimum absolute atomic E-state index is 0.228. The van der Waals surface area contributed by atoms with Gasteiger partial charge in [-0.2, -0.15) is 0 Å². The predicted molar refractivity (Wildman–Crippen MR) is 76.0 cm³/mol. The maximum absolute atomic E-state index is 13.2. The first-order valence-electron chi connectivity index (χ1n) is 7.17. The molecule has 1 unspecified atom stereocenters. The number of carboxylic acids is 1. The summed E-state index contributed by atoms with van der Waals surface area (Å²) in [7, 11) is 0. The van der Waals surface area contributed by atoms with Crippen molar-refractivity contribution in [1.82, 2.24) is 5.32 Å². The number of amides is 1. The van der Waals surface area contributed by atoms with Crippen molar-refractivity contribution in [3.8, 4) is 0 Å². The summed E-state index contributed by atoms with van der Waals surface area (Å²) in [5, 5.41) is 12.0. The monoisotopic (exact) mass is 293 g/mol. The summed E-state index contributed by atoms with van der Waals surface area (Å²) in [5.41, 5.74) is 0.668. The van der Waals surface area contributed by atoms with Gasteiger partial charge in [-0.15, -0.1) is 0 Å². The molecule has 1 aliphatic rings. The average Bonchev–Trinajstić information content (AvgIpc) is 2.81. The highest BCUT2D eigenvalue weighted by Gasteiger charge is 2.41. The van der Waals surface area contributed by atoms with Gasteiger partial charge in [0.25, 0.3) is 0 Å². The van der Waals surface area contributed by atoms with E-state index >= 15 is 0 Å². The first-order valence-corrected chi connectivity index (χ1v) is 7.17. The molecule has 0 aliphatic heterocycles. The first kappa shape index (κ1) is 15.5. The second kappa shape index (κ2) is 6.24. The molecule has 0 bridgehead atoms. The van der Waals surface area contributed by atoms with Crippen molar-refractivity contribution < 1.29 is 19.1 Å². The lowest BCUT2D eigenvalue weighted by atomic mass is 9.94. The molecule has 4 nitrogen and oxygen atoms in total. The largest absolute Gasteiger partial charge is 0.481 e. The molecule has 0 heterocycles. The van der Waals surface area contributed by atoms with Crippen LogP contribution >= 0.6 is 0 Å². The average molecular weight is 293 g/mol. The Labute approximate surface area is 123 Å². The third-order valence-corrected chi connectivity index (χ3v) is 4.16. The van der Waals surface area contributed by atoms with Crippen LogP contribution in [-0.2, 0) is 9.59 Å². The predicted octanol–water partition coefficient (Wildman–Crippen LogP) is 2.75. The van der Waals surface area contributed by atoms with Crippen molar-refractivity contribution in [2.24, 2.45) is 17.8 Å². The zero-order valence-electron chi connectivity index (χ0n) is 12.2. The maximum Gasteiger partial charge on any atom is 0.307 e. The number of aliphatic carboxylic acids is 1. The van der Waals surface area contributed by atoms with Gasteiger partial charge < -0.3 is 10.4 Å². The van der Waals surface area contributed by atoms with Crippen LogP contribution in [0.25, 0.3) is 0 Å². The Morgan fingerprint density at radius 2 is 2.00 bits per heavy atom. The minimum atomic E-state index is -0.919. The van der Waals surface area contributed by atoms with E-state index in [-0.39, 0.29) is 23.7 Å². The Kier molecular flexibility index (Phi) is 4.60. The zero-order chi connectivity index (χ0) is 15.6. The Balaban J connectivity index is 2.05. The fourth-order valence-corrected chi connectivity index (χ4v) is 3.03. The van der Waals surface area contributed by atoms with Crippen LogP contribution in [0.5, 0.6) is 0 Å². The number of carbonyl (C=O) groups excluding carboxylic acids is 1. The van der Waals surface area contributed by atoms with Gasteiger partial charge in [0.2, 0.25) is 5.91 Å². The van der Waals surface area contributed by atoms with E-state index in [1.807, 2.05) is 6.92 Å². The molecule has 0 radical (unpaired) electrons. The van der Waals surface area contributed by atoms with E-state index in [9.17, 15) is 19.1 Å². The van der Waals surface area contributed by atoms with Gasteiger partial charge in [-0.05, 0) is 43.4 Å². The van der Waals surface area contributed by atoms with E-state index in [1.54, 1.807) is 19.1 Å². The molecule has 1 fully saturated rings. The fraction of sp³-hybridized carbons (Fsp3) is 0.500. The Hall–Kier alpha value is -1.91. The summed E-state index contributed by atoms with van der Waals surface area (Å²) in [6, 6.07) is 5.69. The van der Waals surface area contributed by atoms with E-state index in [4.69, 9.17) is 0 Å². The number of rotatable bonds is 4. The van der Waals surface area contributed by atoms with Crippen molar-refractivity contribution in [2.45, 2.75) is 32.7 Å². The summed E-state index contributed by atoms with van der Waals surface area (Å²) in [6.07, 6.45) is 1.11. The van der Waals surface area contributed by atoms with Crippen molar-refractivity contribution in [3.63, 3.8) is 0 Å². The van der Waals surface area contributed by atoms with Gasteiger partial charge in [-0.3, -0.25) is 9.59 Å². The number of benzene rings is 1. The molecule has 21 heavy (non-hydrogen) atoms. The zero-order valence-corrected chi connectivity index (χ0v) is 12.2. The summed E-state index contributed by atoms with van der Waals surface area (Å²) in [5.74, 6) is -2.44. The van der Waals surface area contributed by atoms with Crippen LogP contribution in [-0.4, -0.2) is 17.0 Å². The smallest absolute Gasteiger partial charge is 0.307 e. The fourth-order valence-electron chi connectivity index (χ4n) is 3.03. The van der Waals surface area contributed by atoms with Crippen molar-refractivity contribution in [3.05, 3.63) is 35.6 Å². The van der Waals surface area contributed by atoms with Crippen LogP contribution in [0.3, 0.4) is 0 Å². The maximum atomic E-state index is 13.2. The van der Waals surface area contributed by atoms with Crippen molar-refractivity contribution in [2.75, 3.05) is 0 Å². The molecule has 1 saturated carbocycles. The number of nitrogens with one attached hydrogen (secondary N) is 1. The topological polar surface area (TPSA) is 66.4 Å². The number of hydrogen-bond donors (Lipinski definition) is 2. The van der Waals surface area contributed by atoms with Gasteiger partial charge in [0.05, 0.1) is 17.9 Å². The highest BCUT2D eigenvalue weighted by molar-refractivity contribution is 5.85. The van der Waals surface area contributed by atoms with Gasteiger partial charge in [0.1, 0.15) is 5.82 Å². The van der Waals surface area contributed by atoms with E-state index < -0.39 is 17.8 Å². The van der Waals surface area contributed by atoms with Crippen LogP contribution in [0.2, 0.25) is 0 Å². The van der Waals surface area contributed by atoms with Crippen molar-refractivity contribution >= 4 is 11.9 Å². The summed E-state index contributed by atoms with van der Waals surface area (Å²) < 4.78 is 13.2. The van der Waals surface area contributed by atoms with E-state index in [2.05, 4.69) is 5.32 Å². The molecule has 0 aromatic heterocycles. The van der Waals surface area contributed by atoms with E-state index in [1.165, 1.54) is 12.1 Å². The molecular formula is C16H20FNO3. The van der Waals surface area contributed by atoms with Crippen LogP contribution in [0.15, 0.2) is 24.3 Å². The third kappa shape index (κ3) is 3.60. The highest BCUT2D eigenvalue weighted by Crippen LogP contribution is 2.36. The summed E-state index contributed by atoms with van der Waals surface area (Å²) in [4.78, 5) is 23.5. The van der Waals surface area contributed by atoms with Gasteiger partial charge in [0.15, 0.2) is 0 Å². The number of carbonyl (C=O) groups is 2. The summed E-state index contributed by atoms with van der Waals surface area (Å²) in [6.45, 7) is 3.72. The molecule has 5 heteroatoms. The number of hydrogen-bond acceptors (Lipinski definition) is 2. The van der Waals surface area contributed by atoms with Crippen LogP contribution in [0, 0.1) is 23.6 Å². The molecule has 2 N–H and O–H groups in total. The van der Waals surface area contributed by atoms with E-state index in [0.717, 1.165) is 0 Å². The first-order chi connectivity index (χ1) is 9.88. The Bertz CT molecular complexity index is 546. The third-order valence-electron chi connectivity index (χ3n) is 4.16. The second-order valence-corrected chi connectivity index (χ2v) is 5.91. The molecule has 1 aliphatic carbocycles. The number of carboxylic acid groups (broad SMARTS) is 1. The molecule has 0 saturated heterocycles. The lowest BCUT2D eigenvalue weighted by Gasteiger charge is -2.20. The lowest BCUT2D eigenvalue weighted by Crippen LogP contribution is -2.36. The second-order valence-electron chi connectivity index (χ2n) is 5.91. The Morgan fingerprint density at radius 1 is 1.33 bits per heavy atom. The Morgan fingerprint density at radius 3 is 2.62 bits per heavy atom. The lowest BCUT2D eigenvalue weighted by molar-refractivity contribution is -0.146. The van der Waals surface area contributed by atoms with Gasteiger partial charge in [-0.1, -0.05) is 19.1 Å². The van der Waals surface area contributed by atoms with Crippen LogP contribution in [0.4, 0.5) is 4.39 Å². The van der Waals surface area contributed by atoms with E-state index in [0.29, 0.717) is 18.4 Å².